The van der Waals surface area contributed by atoms with Gasteiger partial charge in [-0.15, -0.1) is 0 Å². The molecule has 2 N–H and O–H groups in total. The van der Waals surface area contributed by atoms with Gasteiger partial charge in [0.25, 0.3) is 0 Å². The van der Waals surface area contributed by atoms with E-state index in [4.69, 9.17) is 20.4 Å². The Morgan fingerprint density at radius 1 is 0.474 bits per heavy atom. The Morgan fingerprint density at radius 3 is 1.26 bits per heavy atom. The van der Waals surface area contributed by atoms with Gasteiger partial charge in [0, 0.05) is 48.3 Å². The van der Waals surface area contributed by atoms with Crippen molar-refractivity contribution in [2.45, 2.75) is 248 Å². The minimum absolute atomic E-state index is 0. The summed E-state index contributed by atoms with van der Waals surface area (Å²) in [5.41, 5.74) is 10.4. The van der Waals surface area contributed by atoms with Crippen LogP contribution in [0.25, 0.3) is 22.1 Å². The molecule has 1 amide bonds. The van der Waals surface area contributed by atoms with Crippen LogP contribution in [0, 0.1) is 23.7 Å². The third-order valence-electron chi connectivity index (χ3n) is 21.8. The maximum Gasteiger partial charge on any atom is 0.319 e. The SMILES string of the molecule is C.COC(=O)CN1CCC[C@H]1c1nc2ccccc2n1C1C[C@H]2CCC[C@@H](C1)N2C1C[C@H]2CCCC[C@@H](C1)C2.NC(=O)CN1CCC[C@H]1c1nc2ccccc2n1C1C[C@H]2CCC[C@@H](C1)N2C1C[C@H]2CCCC[C@@H](C1)C2. The average Bonchev–Trinajstić information content (AvgIpc) is 4.29. The molecule has 10 fully saturated rings. The summed E-state index contributed by atoms with van der Waals surface area (Å²) in [6, 6.07) is 23.3. The van der Waals surface area contributed by atoms with Gasteiger partial charge in [-0.1, -0.05) is 95.9 Å². The van der Waals surface area contributed by atoms with Crippen LogP contribution >= 0.6 is 0 Å². The van der Waals surface area contributed by atoms with Crippen LogP contribution in [-0.2, 0) is 14.3 Å². The largest absolute Gasteiger partial charge is 0.468 e. The van der Waals surface area contributed by atoms with Crippen LogP contribution in [0.3, 0.4) is 0 Å². The predicted octanol–water partition coefficient (Wildman–Crippen LogP) is 12.5. The Kier molecular flexibility index (Phi) is 16.1. The van der Waals surface area contributed by atoms with Gasteiger partial charge in [-0.25, -0.2) is 9.97 Å². The number of carbonyl (C=O) groups is 2. The maximum absolute atomic E-state index is 12.2. The number of hydrogen-bond acceptors (Lipinski definition) is 9. The Bertz CT molecular complexity index is 2570. The highest BCUT2D eigenvalue weighted by Crippen LogP contribution is 2.51. The number of nitrogens with zero attached hydrogens (tertiary/aromatic N) is 8. The third-order valence-corrected chi connectivity index (χ3v) is 21.8. The molecular weight excluding hydrogens is 943 g/mol. The summed E-state index contributed by atoms with van der Waals surface area (Å²) in [4.78, 5) is 45.3. The molecule has 76 heavy (non-hydrogen) atoms. The van der Waals surface area contributed by atoms with Crippen molar-refractivity contribution in [2.24, 2.45) is 29.4 Å². The molecule has 0 spiro atoms. The van der Waals surface area contributed by atoms with Crippen molar-refractivity contribution in [3.63, 3.8) is 0 Å². The second-order valence-electron chi connectivity index (χ2n) is 26.3. The second kappa shape index (κ2) is 23.1. The molecule has 414 valence electrons. The zero-order valence-electron chi connectivity index (χ0n) is 45.7. The average molecular weight is 1040 g/mol. The molecule has 12 nitrogen and oxygen atoms in total. The molecular formula is C64H95N9O3. The first kappa shape index (κ1) is 52.8. The number of ether oxygens (including phenoxy) is 1. The first-order valence-electron chi connectivity index (χ1n) is 31.1. The van der Waals surface area contributed by atoms with E-state index >= 15 is 0 Å². The summed E-state index contributed by atoms with van der Waals surface area (Å²) < 4.78 is 10.3. The molecule has 2 aromatic carbocycles. The number of fused-ring (bicyclic) bond motifs is 10. The number of hydrogen-bond donors (Lipinski definition) is 1. The molecule has 6 aliphatic heterocycles. The highest BCUT2D eigenvalue weighted by molar-refractivity contribution is 5.78. The number of aromatic nitrogens is 4. The van der Waals surface area contributed by atoms with E-state index in [1.165, 1.54) is 184 Å². The van der Waals surface area contributed by atoms with Crippen LogP contribution in [0.2, 0.25) is 0 Å². The van der Waals surface area contributed by atoms with E-state index in [1.54, 1.807) is 0 Å². The molecule has 4 unspecified atom stereocenters. The number of methoxy groups -OCH3 is 1. The molecule has 14 rings (SSSR count). The Hall–Kier alpha value is -3.84. The Balaban J connectivity index is 0.000000151. The van der Waals surface area contributed by atoms with E-state index in [-0.39, 0.29) is 31.4 Å². The summed E-state index contributed by atoms with van der Waals surface area (Å²) >= 11 is 0. The number of nitrogens with two attached hydrogens (primary N) is 1. The number of primary amides is 1. The third kappa shape index (κ3) is 10.6. The predicted molar refractivity (Wildman–Crippen MR) is 304 cm³/mol. The maximum atomic E-state index is 12.2. The van der Waals surface area contributed by atoms with E-state index in [2.05, 4.69) is 77.3 Å². The fourth-order valence-electron chi connectivity index (χ4n) is 19.0. The van der Waals surface area contributed by atoms with Crippen molar-refractivity contribution in [3.8, 4) is 0 Å². The molecule has 2 aromatic heterocycles. The van der Waals surface area contributed by atoms with Gasteiger partial charge in [-0.3, -0.25) is 29.2 Å². The second-order valence-corrected chi connectivity index (χ2v) is 26.3. The highest BCUT2D eigenvalue weighted by atomic mass is 16.5. The summed E-state index contributed by atoms with van der Waals surface area (Å²) in [7, 11) is 1.50. The molecule has 4 saturated carbocycles. The molecule has 6 saturated heterocycles. The minimum atomic E-state index is -0.231. The van der Waals surface area contributed by atoms with Gasteiger partial charge >= 0.3 is 5.97 Å². The van der Waals surface area contributed by atoms with Gasteiger partial charge in [0.15, 0.2) is 0 Å². The Morgan fingerprint density at radius 2 is 0.868 bits per heavy atom. The number of carbonyl (C=O) groups excluding carboxylic acids is 2. The van der Waals surface area contributed by atoms with Crippen LogP contribution in [-0.4, -0.2) is 120 Å². The topological polar surface area (TPSA) is 118 Å². The fourth-order valence-corrected chi connectivity index (χ4v) is 19.0. The number of rotatable bonds is 10. The van der Waals surface area contributed by atoms with Crippen LogP contribution in [0.5, 0.6) is 0 Å². The summed E-state index contributed by atoms with van der Waals surface area (Å²) in [5, 5.41) is 0. The van der Waals surface area contributed by atoms with Crippen LogP contribution in [0.1, 0.15) is 223 Å². The summed E-state index contributed by atoms with van der Waals surface area (Å²) in [6.45, 7) is 2.57. The lowest BCUT2D eigenvalue weighted by atomic mass is 9.73. The van der Waals surface area contributed by atoms with Crippen molar-refractivity contribution in [1.82, 2.24) is 38.7 Å². The molecule has 8 bridgehead atoms. The lowest BCUT2D eigenvalue weighted by Crippen LogP contribution is -2.58. The lowest BCUT2D eigenvalue weighted by Gasteiger charge is -2.55. The highest BCUT2D eigenvalue weighted by Gasteiger charge is 2.48. The number of imidazole rings is 2. The van der Waals surface area contributed by atoms with Crippen molar-refractivity contribution in [1.29, 1.82) is 0 Å². The van der Waals surface area contributed by atoms with Crippen LogP contribution in [0.15, 0.2) is 48.5 Å². The minimum Gasteiger partial charge on any atom is -0.468 e. The van der Waals surface area contributed by atoms with Crippen molar-refractivity contribution in [2.75, 3.05) is 33.3 Å². The van der Waals surface area contributed by atoms with Crippen molar-refractivity contribution < 1.29 is 14.3 Å². The van der Waals surface area contributed by atoms with E-state index in [1.807, 2.05) is 0 Å². The van der Waals surface area contributed by atoms with Crippen LogP contribution < -0.4 is 5.73 Å². The first-order valence-corrected chi connectivity index (χ1v) is 31.1. The summed E-state index contributed by atoms with van der Waals surface area (Å²) in [6.07, 6.45) is 38.2. The molecule has 8 heterocycles. The fraction of sp³-hybridized carbons (Fsp3) is 0.750. The molecule has 12 heteroatoms. The normalized spacial score (nSPS) is 36.2. The van der Waals surface area contributed by atoms with Gasteiger partial charge in [0.2, 0.25) is 5.91 Å². The van der Waals surface area contributed by atoms with Gasteiger partial charge in [0.05, 0.1) is 54.3 Å². The number of likely N-dealkylation sites (tertiary alicyclic amines) is 2. The van der Waals surface area contributed by atoms with E-state index in [0.29, 0.717) is 49.3 Å². The zero-order chi connectivity index (χ0) is 50.6. The first-order chi connectivity index (χ1) is 36.8. The van der Waals surface area contributed by atoms with E-state index in [0.717, 1.165) is 85.6 Å². The summed E-state index contributed by atoms with van der Waals surface area (Å²) in [5.74, 6) is 5.91. The molecule has 14 atom stereocenters. The molecule has 10 aliphatic rings. The number of para-hydroxylation sites is 4. The monoisotopic (exact) mass is 1040 g/mol. The van der Waals surface area contributed by atoms with E-state index < -0.39 is 0 Å². The lowest BCUT2D eigenvalue weighted by molar-refractivity contribution is -0.142. The quantitative estimate of drug-likeness (QED) is 0.155. The zero-order valence-corrected chi connectivity index (χ0v) is 45.7. The van der Waals surface area contributed by atoms with E-state index in [9.17, 15) is 9.59 Å². The molecule has 4 aliphatic carbocycles. The van der Waals surface area contributed by atoms with Crippen molar-refractivity contribution in [3.05, 3.63) is 60.2 Å². The van der Waals surface area contributed by atoms with Gasteiger partial charge in [0.1, 0.15) is 11.6 Å². The van der Waals surface area contributed by atoms with Gasteiger partial charge in [-0.05, 0) is 177 Å². The molecule has 0 radical (unpaired) electrons. The van der Waals surface area contributed by atoms with Gasteiger partial charge < -0.3 is 19.6 Å². The number of esters is 1. The molecule has 4 aromatic rings. The van der Waals surface area contributed by atoms with Gasteiger partial charge in [-0.2, -0.15) is 0 Å². The van der Waals surface area contributed by atoms with Crippen LogP contribution in [0.4, 0.5) is 0 Å². The number of piperidine rings is 4. The number of amides is 1. The smallest absolute Gasteiger partial charge is 0.319 e. The Labute approximate surface area is 455 Å². The number of benzene rings is 2. The van der Waals surface area contributed by atoms with Crippen molar-refractivity contribution >= 4 is 33.9 Å². The standard InChI is InChI=1S/C32H46N4O2.C31H45N5O.CH4/c1-38-31(37)21-34-15-7-14-30(34)32-33-28-12-4-5-13-29(28)36(32)27-19-24-10-6-11-25(20-27)35(24)26-17-22-8-2-3-9-23(16-22)18-26;32-30(37)20-34-14-6-13-29(34)31-33-27-11-3-4-12-28(27)36(31)26-18-23-9-5-10-24(19-26)35(23)25-16-21-7-1-2-8-22(15-21)17-25;/h4-5,12-13,22-27,30H,2-3,6-11,14-21H2,1H3;3-4,11-12,21-26,29H,1-2,5-10,13-20H2,(H2,32,37);1H4/t22-,23+,24-,25+,26?,27?,30-;21-,22+,23-,24+,25?,26?,29-;/m00./s1.